The summed E-state index contributed by atoms with van der Waals surface area (Å²) in [5.41, 5.74) is 8.81. The van der Waals surface area contributed by atoms with Gasteiger partial charge in [-0.1, -0.05) is 15.9 Å². The van der Waals surface area contributed by atoms with E-state index in [-0.39, 0.29) is 0 Å². The molecule has 1 aromatic heterocycles. The predicted molar refractivity (Wildman–Crippen MR) is 101 cm³/mol. The first-order valence-corrected chi connectivity index (χ1v) is 8.17. The number of nitrogens with zero attached hydrogens (tertiary/aromatic N) is 3. The SMILES string of the molecule is [C-]#[N+]C(C)(C)c1ccc(Nc2c(N)nnc3ccc(Br)cc23)cc1. The lowest BCUT2D eigenvalue weighted by Gasteiger charge is -2.14. The molecule has 24 heavy (non-hydrogen) atoms. The quantitative estimate of drug-likeness (QED) is 0.634. The van der Waals surface area contributed by atoms with Gasteiger partial charge in [0, 0.05) is 35.0 Å². The minimum atomic E-state index is -0.534. The van der Waals surface area contributed by atoms with E-state index in [2.05, 4.69) is 36.3 Å². The number of hydrogen-bond donors (Lipinski definition) is 2. The molecule has 6 heteroatoms. The highest BCUT2D eigenvalue weighted by Gasteiger charge is 2.25. The number of rotatable bonds is 3. The zero-order valence-corrected chi connectivity index (χ0v) is 14.9. The van der Waals surface area contributed by atoms with E-state index < -0.39 is 5.54 Å². The van der Waals surface area contributed by atoms with Crippen LogP contribution in [0.1, 0.15) is 19.4 Å². The third kappa shape index (κ3) is 3.03. The molecule has 0 radical (unpaired) electrons. The van der Waals surface area contributed by atoms with Crippen molar-refractivity contribution in [2.24, 2.45) is 0 Å². The predicted octanol–water partition coefficient (Wildman–Crippen LogP) is 4.87. The summed E-state index contributed by atoms with van der Waals surface area (Å²) < 4.78 is 0.944. The molecule has 5 nitrogen and oxygen atoms in total. The maximum atomic E-state index is 7.29. The van der Waals surface area contributed by atoms with Crippen LogP contribution >= 0.6 is 15.9 Å². The second-order valence-electron chi connectivity index (χ2n) is 5.99. The van der Waals surface area contributed by atoms with E-state index in [1.165, 1.54) is 0 Å². The average Bonchev–Trinajstić information content (AvgIpc) is 2.58. The van der Waals surface area contributed by atoms with Crippen molar-refractivity contribution in [1.29, 1.82) is 0 Å². The minimum absolute atomic E-state index is 0.339. The van der Waals surface area contributed by atoms with Gasteiger partial charge < -0.3 is 15.9 Å². The minimum Gasteiger partial charge on any atom is -0.380 e. The molecule has 0 bridgehead atoms. The first kappa shape index (κ1) is 16.2. The third-order valence-electron chi connectivity index (χ3n) is 3.89. The molecule has 0 aliphatic carbocycles. The Bertz CT molecular complexity index is 937. The molecule has 0 amide bonds. The lowest BCUT2D eigenvalue weighted by atomic mass is 9.95. The number of halogens is 1. The fourth-order valence-electron chi connectivity index (χ4n) is 2.39. The molecule has 3 rings (SSSR count). The van der Waals surface area contributed by atoms with Gasteiger partial charge in [-0.3, -0.25) is 0 Å². The molecule has 120 valence electrons. The highest BCUT2D eigenvalue weighted by atomic mass is 79.9. The van der Waals surface area contributed by atoms with E-state index in [9.17, 15) is 0 Å². The van der Waals surface area contributed by atoms with Crippen LogP contribution in [-0.2, 0) is 5.54 Å². The fourth-order valence-corrected chi connectivity index (χ4v) is 2.75. The maximum absolute atomic E-state index is 7.29. The van der Waals surface area contributed by atoms with Crippen molar-refractivity contribution < 1.29 is 0 Å². The van der Waals surface area contributed by atoms with Crippen molar-refractivity contribution in [3.8, 4) is 0 Å². The smallest absolute Gasteiger partial charge is 0.252 e. The number of benzene rings is 2. The maximum Gasteiger partial charge on any atom is 0.252 e. The van der Waals surface area contributed by atoms with Crippen LogP contribution in [0.2, 0.25) is 0 Å². The van der Waals surface area contributed by atoms with Gasteiger partial charge in [-0.05, 0) is 42.5 Å². The van der Waals surface area contributed by atoms with Crippen LogP contribution in [-0.4, -0.2) is 10.2 Å². The lowest BCUT2D eigenvalue weighted by Crippen LogP contribution is -2.10. The van der Waals surface area contributed by atoms with Crippen molar-refractivity contribution in [1.82, 2.24) is 10.2 Å². The Balaban J connectivity index is 2.00. The van der Waals surface area contributed by atoms with Gasteiger partial charge in [0.15, 0.2) is 5.82 Å². The molecular weight excluding hydrogens is 366 g/mol. The van der Waals surface area contributed by atoms with Crippen molar-refractivity contribution in [2.75, 3.05) is 11.1 Å². The number of nitrogens with two attached hydrogens (primary N) is 1. The summed E-state index contributed by atoms with van der Waals surface area (Å²) in [5.74, 6) is 0.339. The zero-order chi connectivity index (χ0) is 17.3. The summed E-state index contributed by atoms with van der Waals surface area (Å²) in [6.45, 7) is 11.1. The Morgan fingerprint density at radius 1 is 1.12 bits per heavy atom. The summed E-state index contributed by atoms with van der Waals surface area (Å²) in [5, 5.41) is 12.3. The van der Waals surface area contributed by atoms with Crippen LogP contribution in [0.25, 0.3) is 15.7 Å². The Morgan fingerprint density at radius 2 is 1.83 bits per heavy atom. The summed E-state index contributed by atoms with van der Waals surface area (Å²) >= 11 is 3.47. The van der Waals surface area contributed by atoms with E-state index in [1.807, 2.05) is 56.3 Å². The molecule has 0 atom stereocenters. The van der Waals surface area contributed by atoms with Crippen LogP contribution in [0.5, 0.6) is 0 Å². The highest BCUT2D eigenvalue weighted by Crippen LogP contribution is 2.32. The normalized spacial score (nSPS) is 11.2. The first-order valence-electron chi connectivity index (χ1n) is 7.38. The van der Waals surface area contributed by atoms with Gasteiger partial charge >= 0.3 is 0 Å². The molecule has 1 heterocycles. The molecule has 0 saturated carbocycles. The summed E-state index contributed by atoms with van der Waals surface area (Å²) in [6, 6.07) is 13.5. The molecular formula is C18H16BrN5. The zero-order valence-electron chi connectivity index (χ0n) is 13.3. The van der Waals surface area contributed by atoms with Gasteiger partial charge in [0.25, 0.3) is 5.54 Å². The van der Waals surface area contributed by atoms with E-state index in [0.29, 0.717) is 5.82 Å². The topological polar surface area (TPSA) is 68.2 Å². The standard InChI is InChI=1S/C18H16BrN5/c1-18(2,21-3)11-4-7-13(8-5-11)22-16-14-10-12(19)6-9-15(14)23-24-17(16)20/h4-10H,1-2H3,(H2,20,24)(H,22,23). The van der Waals surface area contributed by atoms with Crippen molar-refractivity contribution in [3.05, 3.63) is 63.9 Å². The number of nitrogens with one attached hydrogen (secondary N) is 1. The van der Waals surface area contributed by atoms with Crippen LogP contribution in [0, 0.1) is 6.57 Å². The molecule has 0 spiro atoms. The first-order chi connectivity index (χ1) is 11.4. The second kappa shape index (κ2) is 6.10. The molecule has 0 aliphatic heterocycles. The molecule has 0 aliphatic rings. The van der Waals surface area contributed by atoms with E-state index in [0.717, 1.165) is 32.3 Å². The Hall–Kier alpha value is -2.65. The Morgan fingerprint density at radius 3 is 2.50 bits per heavy atom. The van der Waals surface area contributed by atoms with E-state index in [1.54, 1.807) is 0 Å². The Labute approximate surface area is 148 Å². The fraction of sp³-hybridized carbons (Fsp3) is 0.167. The number of hydrogen-bond acceptors (Lipinski definition) is 4. The lowest BCUT2D eigenvalue weighted by molar-refractivity contribution is 0.664. The number of fused-ring (bicyclic) bond motifs is 1. The van der Waals surface area contributed by atoms with Crippen molar-refractivity contribution in [2.45, 2.75) is 19.4 Å². The van der Waals surface area contributed by atoms with Gasteiger partial charge in [-0.15, -0.1) is 10.2 Å². The van der Waals surface area contributed by atoms with Crippen molar-refractivity contribution >= 4 is 44.0 Å². The highest BCUT2D eigenvalue weighted by molar-refractivity contribution is 9.10. The molecule has 0 unspecified atom stereocenters. The monoisotopic (exact) mass is 381 g/mol. The van der Waals surface area contributed by atoms with Crippen molar-refractivity contribution in [3.63, 3.8) is 0 Å². The molecule has 2 aromatic carbocycles. The Kier molecular flexibility index (Phi) is 4.12. The third-order valence-corrected chi connectivity index (χ3v) is 4.38. The largest absolute Gasteiger partial charge is 0.380 e. The van der Waals surface area contributed by atoms with E-state index in [4.69, 9.17) is 12.3 Å². The number of aromatic nitrogens is 2. The molecule has 0 fully saturated rings. The van der Waals surface area contributed by atoms with Gasteiger partial charge in [-0.2, -0.15) is 0 Å². The van der Waals surface area contributed by atoms with Gasteiger partial charge in [0.2, 0.25) is 0 Å². The molecule has 3 N–H and O–H groups in total. The number of nitrogen functional groups attached to an aromatic ring is 1. The van der Waals surface area contributed by atoms with Crippen LogP contribution in [0.15, 0.2) is 46.9 Å². The molecule has 3 aromatic rings. The van der Waals surface area contributed by atoms with Gasteiger partial charge in [0.05, 0.1) is 11.2 Å². The summed E-state index contributed by atoms with van der Waals surface area (Å²) in [6.07, 6.45) is 0. The number of anilines is 3. The van der Waals surface area contributed by atoms with Gasteiger partial charge in [-0.25, -0.2) is 6.57 Å². The average molecular weight is 382 g/mol. The van der Waals surface area contributed by atoms with Crippen LogP contribution in [0.4, 0.5) is 17.2 Å². The van der Waals surface area contributed by atoms with Crippen LogP contribution < -0.4 is 11.1 Å². The van der Waals surface area contributed by atoms with Crippen LogP contribution in [0.3, 0.4) is 0 Å². The van der Waals surface area contributed by atoms with E-state index >= 15 is 0 Å². The second-order valence-corrected chi connectivity index (χ2v) is 6.91. The summed E-state index contributed by atoms with van der Waals surface area (Å²) in [4.78, 5) is 3.66. The molecule has 0 saturated heterocycles. The van der Waals surface area contributed by atoms with Gasteiger partial charge in [0.1, 0.15) is 0 Å². The summed E-state index contributed by atoms with van der Waals surface area (Å²) in [7, 11) is 0.